The second-order valence-corrected chi connectivity index (χ2v) is 16.4. The molecule has 0 amide bonds. The summed E-state index contributed by atoms with van der Waals surface area (Å²) in [4.78, 5) is 53.9. The minimum atomic E-state index is -0.476. The van der Waals surface area contributed by atoms with Gasteiger partial charge >= 0.3 is 17.9 Å². The van der Waals surface area contributed by atoms with E-state index in [2.05, 4.69) is 0 Å². The molecule has 1 aliphatic heterocycles. The Hall–Kier alpha value is -8.32. The number of benzene rings is 6. The Morgan fingerprint density at radius 2 is 0.986 bits per heavy atom. The van der Waals surface area contributed by atoms with Gasteiger partial charge in [0, 0.05) is 59.7 Å². The number of fused-ring (bicyclic) bond motifs is 3. The maximum Gasteiger partial charge on any atom is 0.311 e. The molecule has 2 heterocycles. The van der Waals surface area contributed by atoms with E-state index in [9.17, 15) is 19.2 Å². The van der Waals surface area contributed by atoms with Crippen LogP contribution in [0.15, 0.2) is 127 Å². The van der Waals surface area contributed by atoms with Gasteiger partial charge in [0.15, 0.2) is 40.8 Å². The average Bonchev–Trinajstić information content (AvgIpc) is 3.74. The van der Waals surface area contributed by atoms with Crippen LogP contribution in [-0.2, 0) is 46.6 Å². The van der Waals surface area contributed by atoms with E-state index in [0.29, 0.717) is 64.8 Å². The number of aryl methyl sites for hydroxylation is 3. The first-order chi connectivity index (χ1) is 34.2. The molecule has 8 rings (SSSR count). The summed E-state index contributed by atoms with van der Waals surface area (Å²) in [6.45, 7) is 0.276. The molecule has 0 radical (unpaired) electrons. The fourth-order valence-corrected chi connectivity index (χ4v) is 8.85. The molecule has 0 saturated carbocycles. The second kappa shape index (κ2) is 22.2. The first-order valence-corrected chi connectivity index (χ1v) is 22.9. The maximum absolute atomic E-state index is 13.7. The molecule has 0 saturated heterocycles. The molecule has 0 aliphatic carbocycles. The number of hydrogen-bond acceptors (Lipinski definition) is 12. The largest absolute Gasteiger partial charge is 0.496 e. The Balaban J connectivity index is 1.27. The van der Waals surface area contributed by atoms with Gasteiger partial charge in [-0.1, -0.05) is 97.1 Å². The van der Waals surface area contributed by atoms with E-state index in [1.54, 1.807) is 36.4 Å². The Morgan fingerprint density at radius 3 is 1.50 bits per heavy atom. The topological polar surface area (TPSA) is 147 Å². The third-order valence-electron chi connectivity index (χ3n) is 12.2. The van der Waals surface area contributed by atoms with Crippen LogP contribution in [0.3, 0.4) is 0 Å². The highest BCUT2D eigenvalue weighted by Crippen LogP contribution is 2.55. The first kappa shape index (κ1) is 48.1. The fourth-order valence-electron chi connectivity index (χ4n) is 8.85. The van der Waals surface area contributed by atoms with Gasteiger partial charge in [-0.05, 0) is 72.2 Å². The molecule has 0 fully saturated rings. The molecule has 6 aromatic carbocycles. The second-order valence-electron chi connectivity index (χ2n) is 16.4. The van der Waals surface area contributed by atoms with Crippen LogP contribution in [0.25, 0.3) is 33.5 Å². The summed E-state index contributed by atoms with van der Waals surface area (Å²) in [6.07, 6.45) is 2.88. The van der Waals surface area contributed by atoms with E-state index in [1.807, 2.05) is 95.6 Å². The zero-order valence-corrected chi connectivity index (χ0v) is 39.7. The van der Waals surface area contributed by atoms with Crippen LogP contribution in [-0.4, -0.2) is 64.3 Å². The molecule has 13 nitrogen and oxygen atoms in total. The van der Waals surface area contributed by atoms with E-state index in [4.69, 9.17) is 37.9 Å². The molecule has 13 heteroatoms. The van der Waals surface area contributed by atoms with Gasteiger partial charge < -0.3 is 42.5 Å². The van der Waals surface area contributed by atoms with Crippen LogP contribution in [0.4, 0.5) is 0 Å². The van der Waals surface area contributed by atoms with E-state index < -0.39 is 17.9 Å². The zero-order chi connectivity index (χ0) is 49.1. The number of carbonyl (C=O) groups is 4. The quantitative estimate of drug-likeness (QED) is 0.0407. The minimum absolute atomic E-state index is 0.100. The van der Waals surface area contributed by atoms with Gasteiger partial charge in [-0.3, -0.25) is 19.2 Å². The van der Waals surface area contributed by atoms with E-state index in [-0.39, 0.29) is 77.5 Å². The number of ether oxygens (including phenoxy) is 8. The third-order valence-corrected chi connectivity index (χ3v) is 12.2. The summed E-state index contributed by atoms with van der Waals surface area (Å²) < 4.78 is 49.5. The molecule has 70 heavy (non-hydrogen) atoms. The van der Waals surface area contributed by atoms with Crippen LogP contribution in [0.5, 0.6) is 46.0 Å². The van der Waals surface area contributed by atoms with Crippen molar-refractivity contribution < 1.29 is 57.1 Å². The van der Waals surface area contributed by atoms with Crippen molar-refractivity contribution in [1.29, 1.82) is 0 Å². The van der Waals surface area contributed by atoms with Crippen molar-refractivity contribution in [3.05, 3.63) is 155 Å². The standard InChI is InChI=1S/C57H53NO12/c1-63-45-34-48(69-51(61)27-22-37-17-11-7-12-18-37)47(65-3)33-42(45)54-43(35-59)58-30-29-40-41(32-49(66-4)57(67-5)56(40)70-52(62)28-23-38-19-13-8-14-20-38)55(58)53(54)39-24-25-44(46(31-39)64-2)68-50(60)26-21-36-15-9-6-10-16-36/h6-20,24-25,31-35H,21-23,26-30H2,1-5H3. The van der Waals surface area contributed by atoms with Crippen molar-refractivity contribution in [2.24, 2.45) is 0 Å². The van der Waals surface area contributed by atoms with Crippen LogP contribution in [0, 0.1) is 0 Å². The van der Waals surface area contributed by atoms with Gasteiger partial charge in [-0.25, -0.2) is 0 Å². The monoisotopic (exact) mass is 943 g/mol. The molecular formula is C57H53NO12. The maximum atomic E-state index is 13.7. The normalized spacial score (nSPS) is 11.4. The van der Waals surface area contributed by atoms with E-state index in [0.717, 1.165) is 23.0 Å². The van der Waals surface area contributed by atoms with Gasteiger partial charge in [0.2, 0.25) is 5.75 Å². The Kier molecular flexibility index (Phi) is 15.3. The van der Waals surface area contributed by atoms with Crippen LogP contribution >= 0.6 is 0 Å². The SMILES string of the molecule is COc1cc(-c2c(-c3cc(OC)c(OC(=O)CCc4ccccc4)cc3OC)c(C=O)n3c2-c2cc(OC)c(OC)c(OC(=O)CCc4ccccc4)c2CC3)ccc1OC(=O)CCc1ccccc1. The predicted octanol–water partition coefficient (Wildman–Crippen LogP) is 10.5. The number of hydrogen-bond donors (Lipinski definition) is 0. The number of nitrogens with zero attached hydrogens (tertiary/aromatic N) is 1. The summed E-state index contributed by atoms with van der Waals surface area (Å²) in [5.74, 6) is 0.404. The van der Waals surface area contributed by atoms with Crippen molar-refractivity contribution in [3.8, 4) is 79.5 Å². The highest BCUT2D eigenvalue weighted by Gasteiger charge is 2.36. The van der Waals surface area contributed by atoms with Crippen molar-refractivity contribution in [3.63, 3.8) is 0 Å². The van der Waals surface area contributed by atoms with Crippen molar-refractivity contribution in [2.45, 2.75) is 51.5 Å². The third kappa shape index (κ3) is 10.4. The number of carbonyl (C=O) groups excluding carboxylic acids is 4. The highest BCUT2D eigenvalue weighted by molar-refractivity contribution is 6.05. The van der Waals surface area contributed by atoms with E-state index >= 15 is 0 Å². The molecule has 0 spiro atoms. The van der Waals surface area contributed by atoms with Gasteiger partial charge in [-0.15, -0.1) is 0 Å². The Bertz CT molecular complexity index is 3020. The first-order valence-electron chi connectivity index (χ1n) is 22.9. The van der Waals surface area contributed by atoms with Gasteiger partial charge in [-0.2, -0.15) is 0 Å². The number of rotatable bonds is 20. The summed E-state index contributed by atoms with van der Waals surface area (Å²) >= 11 is 0. The lowest BCUT2D eigenvalue weighted by atomic mass is 9.89. The Morgan fingerprint density at radius 1 is 0.486 bits per heavy atom. The number of aromatic nitrogens is 1. The van der Waals surface area contributed by atoms with Crippen LogP contribution < -0.4 is 37.9 Å². The van der Waals surface area contributed by atoms with Gasteiger partial charge in [0.05, 0.1) is 46.9 Å². The lowest BCUT2D eigenvalue weighted by Gasteiger charge is -2.26. The zero-order valence-electron chi connectivity index (χ0n) is 39.7. The highest BCUT2D eigenvalue weighted by atomic mass is 16.6. The summed E-state index contributed by atoms with van der Waals surface area (Å²) in [5.41, 5.74) is 7.08. The van der Waals surface area contributed by atoms with Crippen molar-refractivity contribution in [1.82, 2.24) is 4.57 Å². The van der Waals surface area contributed by atoms with Gasteiger partial charge in [0.25, 0.3) is 0 Å². The van der Waals surface area contributed by atoms with E-state index in [1.165, 1.54) is 35.5 Å². The lowest BCUT2D eigenvalue weighted by Crippen LogP contribution is -2.17. The molecule has 7 aromatic rings. The van der Waals surface area contributed by atoms with Crippen LogP contribution in [0.2, 0.25) is 0 Å². The fraction of sp³-hybridized carbons (Fsp3) is 0.228. The average molecular weight is 944 g/mol. The molecule has 1 aromatic heterocycles. The summed E-state index contributed by atoms with van der Waals surface area (Å²) in [6, 6.07) is 39.2. The van der Waals surface area contributed by atoms with Crippen LogP contribution in [0.1, 0.15) is 52.0 Å². The van der Waals surface area contributed by atoms with Gasteiger partial charge in [0.1, 0.15) is 5.75 Å². The molecule has 0 atom stereocenters. The number of aldehydes is 1. The molecular weight excluding hydrogens is 891 g/mol. The number of methoxy groups -OCH3 is 5. The molecule has 358 valence electrons. The summed E-state index contributed by atoms with van der Waals surface area (Å²) in [5, 5.41) is 0. The molecule has 0 unspecified atom stereocenters. The molecule has 0 N–H and O–H groups in total. The molecule has 0 bridgehead atoms. The molecule has 1 aliphatic rings. The van der Waals surface area contributed by atoms with Crippen molar-refractivity contribution in [2.75, 3.05) is 35.5 Å². The van der Waals surface area contributed by atoms with Crippen molar-refractivity contribution >= 4 is 24.2 Å². The smallest absolute Gasteiger partial charge is 0.311 e. The predicted molar refractivity (Wildman–Crippen MR) is 264 cm³/mol. The Labute approximate surface area is 406 Å². The number of esters is 3. The minimum Gasteiger partial charge on any atom is -0.496 e. The summed E-state index contributed by atoms with van der Waals surface area (Å²) in [7, 11) is 7.40. The lowest BCUT2D eigenvalue weighted by molar-refractivity contribution is -0.135.